The lowest BCUT2D eigenvalue weighted by atomic mass is 9.33. The van der Waals surface area contributed by atoms with E-state index in [1.165, 1.54) is 5.57 Å². The summed E-state index contributed by atoms with van der Waals surface area (Å²) in [5, 5.41) is 84.1. The fraction of sp³-hybridized carbons (Fsp3) is 0.929. The largest absolute Gasteiger partial charge is 0.481 e. The lowest BCUT2D eigenvalue weighted by Crippen LogP contribution is -2.67. The van der Waals surface area contributed by atoms with E-state index in [1.807, 2.05) is 0 Å². The highest BCUT2D eigenvalue weighted by Gasteiger charge is 2.69. The maximum absolute atomic E-state index is 13.1. The summed E-state index contributed by atoms with van der Waals surface area (Å²) in [7, 11) is 0. The highest BCUT2D eigenvalue weighted by atomic mass is 16.8. The Kier molecular flexibility index (Phi) is 10.8. The summed E-state index contributed by atoms with van der Waals surface area (Å²) >= 11 is 0. The van der Waals surface area contributed by atoms with Crippen molar-refractivity contribution in [3.63, 3.8) is 0 Å². The van der Waals surface area contributed by atoms with Crippen LogP contribution in [0.5, 0.6) is 0 Å². The van der Waals surface area contributed by atoms with Crippen LogP contribution >= 0.6 is 0 Å². The SMILES string of the molecule is CC1(C)CC[C@]2(C(=O)O)CC[C@]3(C)C(=CCC4[C@@]5(C)CC[C@H](O[C@@H]6OC(CO)[C@@H](O)C(O)[C@@H]6O[C@@H]6OC(CO)[C@H](O)C(O)[C@@H]6O)C(C)(C)C5CC[C@]43C)C2C1. The van der Waals surface area contributed by atoms with Gasteiger partial charge in [-0.2, -0.15) is 0 Å². The van der Waals surface area contributed by atoms with Crippen LogP contribution in [0, 0.1) is 50.2 Å². The molecule has 0 radical (unpaired) electrons. The van der Waals surface area contributed by atoms with Gasteiger partial charge in [-0.15, -0.1) is 0 Å². The summed E-state index contributed by atoms with van der Waals surface area (Å²) in [4.78, 5) is 13.1. The lowest BCUT2D eigenvalue weighted by molar-refractivity contribution is -0.378. The number of rotatable bonds is 7. The second-order valence-corrected chi connectivity index (χ2v) is 20.7. The quantitative estimate of drug-likeness (QED) is 0.138. The monoisotopic (exact) mass is 780 g/mol. The van der Waals surface area contributed by atoms with Gasteiger partial charge < -0.3 is 59.8 Å². The van der Waals surface area contributed by atoms with Crippen molar-refractivity contribution in [3.05, 3.63) is 11.6 Å². The number of carboxylic acids is 1. The summed E-state index contributed by atoms with van der Waals surface area (Å²) in [5.41, 5.74) is 0.210. The van der Waals surface area contributed by atoms with Crippen LogP contribution in [-0.2, 0) is 23.7 Å². The molecule has 2 saturated heterocycles. The van der Waals surface area contributed by atoms with Crippen molar-refractivity contribution >= 4 is 5.97 Å². The van der Waals surface area contributed by atoms with Crippen molar-refractivity contribution in [2.24, 2.45) is 50.2 Å². The number of hydrogen-bond donors (Lipinski definition) is 8. The number of hydrogen-bond acceptors (Lipinski definition) is 12. The predicted molar refractivity (Wildman–Crippen MR) is 198 cm³/mol. The molecule has 13 heteroatoms. The molecule has 0 bridgehead atoms. The minimum Gasteiger partial charge on any atom is -0.481 e. The Balaban J connectivity index is 1.15. The number of ether oxygens (including phenoxy) is 4. The first-order valence-corrected chi connectivity index (χ1v) is 20.8. The van der Waals surface area contributed by atoms with Gasteiger partial charge in [-0.1, -0.05) is 60.1 Å². The van der Waals surface area contributed by atoms with Gasteiger partial charge in [-0.25, -0.2) is 0 Å². The zero-order valence-electron chi connectivity index (χ0n) is 33.8. The van der Waals surface area contributed by atoms with E-state index >= 15 is 0 Å². The van der Waals surface area contributed by atoms with Crippen LogP contribution in [0.2, 0.25) is 0 Å². The van der Waals surface area contributed by atoms with Gasteiger partial charge in [0, 0.05) is 0 Å². The Morgan fingerprint density at radius 3 is 1.98 bits per heavy atom. The van der Waals surface area contributed by atoms with E-state index in [1.54, 1.807) is 0 Å². The predicted octanol–water partition coefficient (Wildman–Crippen LogP) is 2.88. The molecule has 2 aliphatic heterocycles. The van der Waals surface area contributed by atoms with Gasteiger partial charge >= 0.3 is 5.97 Å². The molecule has 0 aromatic carbocycles. The molecule has 0 spiro atoms. The average Bonchev–Trinajstić information content (AvgIpc) is 3.12. The van der Waals surface area contributed by atoms with E-state index in [9.17, 15) is 45.6 Å². The zero-order chi connectivity index (χ0) is 40.3. The minimum atomic E-state index is -1.75. The molecule has 13 nitrogen and oxygen atoms in total. The fourth-order valence-corrected chi connectivity index (χ4v) is 13.7. The molecule has 314 valence electrons. The van der Waals surface area contributed by atoms with Gasteiger partial charge in [0.15, 0.2) is 12.6 Å². The highest BCUT2D eigenvalue weighted by Crippen LogP contribution is 2.76. The molecule has 6 fully saturated rings. The standard InChI is InChI=1S/C42H68O13/c1-37(2)14-16-42(36(50)51)17-15-40(6)21(22(42)18-37)8-9-26-39(5)12-11-27(38(3,4)25(39)10-13-41(26,40)7)54-35-33(31(48)29(46)24(20-44)53-35)55-34-32(49)30(47)28(45)23(19-43)52-34/h8,22-35,43-49H,9-20H2,1-7H3,(H,50,51)/t22?,23?,24?,25?,26?,27-,28-,29+,30?,31?,32-,33-,34-,35-,39-,40+,41+,42-/m0/s1. The van der Waals surface area contributed by atoms with Crippen molar-refractivity contribution in [2.45, 2.75) is 180 Å². The van der Waals surface area contributed by atoms with E-state index < -0.39 is 91.4 Å². The third-order valence-corrected chi connectivity index (χ3v) is 17.3. The zero-order valence-corrected chi connectivity index (χ0v) is 33.8. The van der Waals surface area contributed by atoms with Crippen molar-refractivity contribution in [1.82, 2.24) is 0 Å². The Bertz CT molecular complexity index is 1480. The van der Waals surface area contributed by atoms with E-state index in [0.29, 0.717) is 18.8 Å². The Morgan fingerprint density at radius 2 is 1.35 bits per heavy atom. The molecule has 5 aliphatic carbocycles. The molecule has 4 saturated carbocycles. The Morgan fingerprint density at radius 1 is 0.727 bits per heavy atom. The number of fused-ring (bicyclic) bond motifs is 7. The van der Waals surface area contributed by atoms with E-state index in [4.69, 9.17) is 18.9 Å². The highest BCUT2D eigenvalue weighted by molar-refractivity contribution is 5.76. The maximum Gasteiger partial charge on any atom is 0.310 e. The van der Waals surface area contributed by atoms with Gasteiger partial charge in [0.1, 0.15) is 48.8 Å². The Labute approximate surface area is 325 Å². The number of aliphatic carboxylic acids is 1. The van der Waals surface area contributed by atoms with Gasteiger partial charge in [-0.3, -0.25) is 4.79 Å². The summed E-state index contributed by atoms with van der Waals surface area (Å²) in [5.74, 6) is 0.0181. The van der Waals surface area contributed by atoms with Gasteiger partial charge in [0.05, 0.1) is 24.7 Å². The summed E-state index contributed by atoms with van der Waals surface area (Å²) in [6.45, 7) is 15.1. The molecule has 7 unspecified atom stereocenters. The average molecular weight is 781 g/mol. The molecular weight excluding hydrogens is 712 g/mol. The topological polar surface area (TPSA) is 216 Å². The van der Waals surface area contributed by atoms with Crippen LogP contribution in [0.4, 0.5) is 0 Å². The van der Waals surface area contributed by atoms with Crippen molar-refractivity contribution in [3.8, 4) is 0 Å². The third-order valence-electron chi connectivity index (χ3n) is 17.3. The van der Waals surface area contributed by atoms with Crippen LogP contribution in [-0.4, -0.2) is 128 Å². The fourth-order valence-electron chi connectivity index (χ4n) is 13.7. The van der Waals surface area contributed by atoms with Crippen LogP contribution in [0.1, 0.15) is 113 Å². The third kappa shape index (κ3) is 6.23. The van der Waals surface area contributed by atoms with E-state index in [-0.39, 0.29) is 39.6 Å². The van der Waals surface area contributed by atoms with Gasteiger partial charge in [0.25, 0.3) is 0 Å². The molecule has 0 amide bonds. The lowest BCUT2D eigenvalue weighted by Gasteiger charge is -2.71. The molecular formula is C42H68O13. The molecule has 2 heterocycles. The first-order chi connectivity index (χ1) is 25.6. The second kappa shape index (κ2) is 14.2. The molecule has 0 aromatic heterocycles. The van der Waals surface area contributed by atoms with Gasteiger partial charge in [-0.05, 0) is 109 Å². The first-order valence-electron chi connectivity index (χ1n) is 20.8. The molecule has 0 aromatic rings. The van der Waals surface area contributed by atoms with Crippen LogP contribution in [0.15, 0.2) is 11.6 Å². The molecule has 7 rings (SSSR count). The number of carboxylic acid groups (broad SMARTS) is 1. The number of allylic oxidation sites excluding steroid dienone is 2. The van der Waals surface area contributed by atoms with E-state index in [2.05, 4.69) is 54.5 Å². The smallest absolute Gasteiger partial charge is 0.310 e. The molecule has 18 atom stereocenters. The summed E-state index contributed by atoms with van der Waals surface area (Å²) < 4.78 is 24.4. The van der Waals surface area contributed by atoms with E-state index in [0.717, 1.165) is 51.4 Å². The molecule has 8 N–H and O–H groups in total. The van der Waals surface area contributed by atoms with Crippen molar-refractivity contribution in [2.75, 3.05) is 13.2 Å². The van der Waals surface area contributed by atoms with Crippen LogP contribution in [0.25, 0.3) is 0 Å². The summed E-state index contributed by atoms with van der Waals surface area (Å²) in [6, 6.07) is 0. The Hall–Kier alpha value is -1.23. The normalized spacial score (nSPS) is 53.2. The molecule has 7 aliphatic rings. The van der Waals surface area contributed by atoms with Crippen LogP contribution in [0.3, 0.4) is 0 Å². The summed E-state index contributed by atoms with van der Waals surface area (Å²) in [6.07, 6.45) is -4.41. The number of carbonyl (C=O) groups is 1. The molecule has 55 heavy (non-hydrogen) atoms. The first kappa shape index (κ1) is 41.9. The van der Waals surface area contributed by atoms with Gasteiger partial charge in [0.2, 0.25) is 0 Å². The van der Waals surface area contributed by atoms with Crippen molar-refractivity contribution < 1.29 is 64.6 Å². The maximum atomic E-state index is 13.1. The number of aliphatic hydroxyl groups is 7. The number of aliphatic hydroxyl groups excluding tert-OH is 7. The van der Waals surface area contributed by atoms with Crippen LogP contribution < -0.4 is 0 Å². The second-order valence-electron chi connectivity index (χ2n) is 20.7. The minimum absolute atomic E-state index is 0.0240. The van der Waals surface area contributed by atoms with Crippen molar-refractivity contribution in [1.29, 1.82) is 0 Å².